The first-order valence-electron chi connectivity index (χ1n) is 9.25. The van der Waals surface area contributed by atoms with E-state index < -0.39 is 0 Å². The van der Waals surface area contributed by atoms with Crippen LogP contribution in [-0.4, -0.2) is 40.2 Å². The fourth-order valence-electron chi connectivity index (χ4n) is 3.73. The molecule has 3 aromatic rings. The number of anilines is 1. The SMILES string of the molecule is O=C(CN1CCC(Cn2cccn2)CC1)Nc1cccc2ccccc12. The number of benzene rings is 2. The maximum Gasteiger partial charge on any atom is 0.238 e. The minimum absolute atomic E-state index is 0.0619. The van der Waals surface area contributed by atoms with E-state index in [2.05, 4.69) is 27.4 Å². The van der Waals surface area contributed by atoms with E-state index in [9.17, 15) is 4.79 Å². The first kappa shape index (κ1) is 16.8. The fourth-order valence-corrected chi connectivity index (χ4v) is 3.73. The number of piperidine rings is 1. The van der Waals surface area contributed by atoms with Gasteiger partial charge in [-0.05, 0) is 49.4 Å². The lowest BCUT2D eigenvalue weighted by molar-refractivity contribution is -0.117. The Balaban J connectivity index is 1.30. The molecule has 26 heavy (non-hydrogen) atoms. The van der Waals surface area contributed by atoms with Crippen molar-refractivity contribution < 1.29 is 4.79 Å². The van der Waals surface area contributed by atoms with Crippen molar-refractivity contribution in [3.8, 4) is 0 Å². The maximum atomic E-state index is 12.5. The molecular weight excluding hydrogens is 324 g/mol. The number of carbonyl (C=O) groups excluding carboxylic acids is 1. The fraction of sp³-hybridized carbons (Fsp3) is 0.333. The highest BCUT2D eigenvalue weighted by Crippen LogP contribution is 2.23. The molecule has 1 saturated heterocycles. The Kier molecular flexibility index (Phi) is 4.97. The van der Waals surface area contributed by atoms with E-state index in [-0.39, 0.29) is 5.91 Å². The van der Waals surface area contributed by atoms with E-state index >= 15 is 0 Å². The standard InChI is InChI=1S/C21H24N4O/c26-21(23-20-8-3-6-18-5-1-2-7-19(18)20)16-24-13-9-17(10-14-24)15-25-12-4-11-22-25/h1-8,11-12,17H,9-10,13-16H2,(H,23,26). The maximum absolute atomic E-state index is 12.5. The van der Waals surface area contributed by atoms with Gasteiger partial charge in [0.2, 0.25) is 5.91 Å². The first-order valence-corrected chi connectivity index (χ1v) is 9.25. The van der Waals surface area contributed by atoms with Crippen LogP contribution in [0.15, 0.2) is 60.9 Å². The predicted octanol–water partition coefficient (Wildman–Crippen LogP) is 3.39. The Morgan fingerprint density at radius 1 is 1.08 bits per heavy atom. The lowest BCUT2D eigenvalue weighted by atomic mass is 9.97. The van der Waals surface area contributed by atoms with Crippen molar-refractivity contribution in [2.24, 2.45) is 5.92 Å². The number of nitrogens with zero attached hydrogens (tertiary/aromatic N) is 3. The number of hydrogen-bond donors (Lipinski definition) is 1. The number of nitrogens with one attached hydrogen (secondary N) is 1. The van der Waals surface area contributed by atoms with Crippen LogP contribution < -0.4 is 5.32 Å². The van der Waals surface area contributed by atoms with Gasteiger partial charge in [0.15, 0.2) is 0 Å². The molecule has 1 fully saturated rings. The summed E-state index contributed by atoms with van der Waals surface area (Å²) in [6.45, 7) is 3.37. The first-order chi connectivity index (χ1) is 12.8. The Bertz CT molecular complexity index is 861. The predicted molar refractivity (Wildman–Crippen MR) is 104 cm³/mol. The highest BCUT2D eigenvalue weighted by atomic mass is 16.2. The van der Waals surface area contributed by atoms with Crippen molar-refractivity contribution in [2.75, 3.05) is 25.0 Å². The van der Waals surface area contributed by atoms with Gasteiger partial charge in [-0.2, -0.15) is 5.10 Å². The van der Waals surface area contributed by atoms with Gasteiger partial charge in [-0.15, -0.1) is 0 Å². The van der Waals surface area contributed by atoms with Crippen molar-refractivity contribution in [1.82, 2.24) is 14.7 Å². The third-order valence-electron chi connectivity index (χ3n) is 5.14. The van der Waals surface area contributed by atoms with Gasteiger partial charge in [0.05, 0.1) is 6.54 Å². The van der Waals surface area contributed by atoms with Gasteiger partial charge in [0.1, 0.15) is 0 Å². The van der Waals surface area contributed by atoms with Crippen molar-refractivity contribution in [1.29, 1.82) is 0 Å². The molecule has 0 aliphatic carbocycles. The molecule has 2 aromatic carbocycles. The van der Waals surface area contributed by atoms with Gasteiger partial charge in [0.25, 0.3) is 0 Å². The van der Waals surface area contributed by atoms with Crippen LogP contribution in [-0.2, 0) is 11.3 Å². The molecule has 134 valence electrons. The molecule has 1 amide bonds. The van der Waals surface area contributed by atoms with E-state index in [1.165, 1.54) is 0 Å². The second kappa shape index (κ2) is 7.70. The number of likely N-dealkylation sites (tertiary alicyclic amines) is 1. The van der Waals surface area contributed by atoms with Crippen LogP contribution in [0.4, 0.5) is 5.69 Å². The molecule has 0 unspecified atom stereocenters. The summed E-state index contributed by atoms with van der Waals surface area (Å²) in [6, 6.07) is 16.1. The van der Waals surface area contributed by atoms with E-state index in [1.54, 1.807) is 0 Å². The lowest BCUT2D eigenvalue weighted by Crippen LogP contribution is -2.40. The zero-order valence-electron chi connectivity index (χ0n) is 14.8. The number of fused-ring (bicyclic) bond motifs is 1. The Morgan fingerprint density at radius 3 is 2.69 bits per heavy atom. The van der Waals surface area contributed by atoms with Crippen molar-refractivity contribution in [2.45, 2.75) is 19.4 Å². The molecule has 0 bridgehead atoms. The number of rotatable bonds is 5. The van der Waals surface area contributed by atoms with Crippen LogP contribution in [0, 0.1) is 5.92 Å². The highest BCUT2D eigenvalue weighted by molar-refractivity contribution is 6.02. The van der Waals surface area contributed by atoms with Gasteiger partial charge in [0, 0.05) is 30.0 Å². The highest BCUT2D eigenvalue weighted by Gasteiger charge is 2.21. The average molecular weight is 348 g/mol. The molecule has 0 saturated carbocycles. The van der Waals surface area contributed by atoms with Gasteiger partial charge in [-0.1, -0.05) is 36.4 Å². The van der Waals surface area contributed by atoms with E-state index in [0.717, 1.165) is 48.9 Å². The minimum Gasteiger partial charge on any atom is -0.324 e. The smallest absolute Gasteiger partial charge is 0.238 e. The van der Waals surface area contributed by atoms with E-state index in [1.807, 2.05) is 53.5 Å². The molecule has 4 rings (SSSR count). The van der Waals surface area contributed by atoms with Gasteiger partial charge in [-0.25, -0.2) is 0 Å². The van der Waals surface area contributed by atoms with Gasteiger partial charge < -0.3 is 5.32 Å². The lowest BCUT2D eigenvalue weighted by Gasteiger charge is -2.31. The summed E-state index contributed by atoms with van der Waals surface area (Å²) in [5.41, 5.74) is 0.890. The quantitative estimate of drug-likeness (QED) is 0.769. The van der Waals surface area contributed by atoms with Crippen LogP contribution in [0.25, 0.3) is 10.8 Å². The Labute approximate surface area is 153 Å². The summed E-state index contributed by atoms with van der Waals surface area (Å²) in [6.07, 6.45) is 6.07. The third-order valence-corrected chi connectivity index (χ3v) is 5.14. The summed E-state index contributed by atoms with van der Waals surface area (Å²) >= 11 is 0. The minimum atomic E-state index is 0.0619. The molecule has 0 spiro atoms. The van der Waals surface area contributed by atoms with Crippen LogP contribution >= 0.6 is 0 Å². The molecule has 1 aliphatic rings. The van der Waals surface area contributed by atoms with Crippen LogP contribution in [0.3, 0.4) is 0 Å². The summed E-state index contributed by atoms with van der Waals surface area (Å²) in [7, 11) is 0. The summed E-state index contributed by atoms with van der Waals surface area (Å²) in [5.74, 6) is 0.708. The third kappa shape index (κ3) is 3.94. The van der Waals surface area contributed by atoms with Crippen molar-refractivity contribution >= 4 is 22.4 Å². The number of carbonyl (C=O) groups is 1. The zero-order valence-corrected chi connectivity index (χ0v) is 14.8. The largest absolute Gasteiger partial charge is 0.324 e. The van der Waals surface area contributed by atoms with Crippen LogP contribution in [0.1, 0.15) is 12.8 Å². The van der Waals surface area contributed by atoms with Crippen molar-refractivity contribution in [3.05, 3.63) is 60.9 Å². The molecule has 0 radical (unpaired) electrons. The topological polar surface area (TPSA) is 50.2 Å². The monoisotopic (exact) mass is 348 g/mol. The van der Waals surface area contributed by atoms with Crippen LogP contribution in [0.2, 0.25) is 0 Å². The van der Waals surface area contributed by atoms with Gasteiger partial charge >= 0.3 is 0 Å². The summed E-state index contributed by atoms with van der Waals surface area (Å²) in [4.78, 5) is 14.7. The van der Waals surface area contributed by atoms with E-state index in [4.69, 9.17) is 0 Å². The van der Waals surface area contributed by atoms with Gasteiger partial charge in [-0.3, -0.25) is 14.4 Å². The molecule has 1 aliphatic heterocycles. The average Bonchev–Trinajstić information content (AvgIpc) is 3.17. The van der Waals surface area contributed by atoms with Crippen LogP contribution in [0.5, 0.6) is 0 Å². The van der Waals surface area contributed by atoms with Crippen molar-refractivity contribution in [3.63, 3.8) is 0 Å². The van der Waals surface area contributed by atoms with E-state index in [0.29, 0.717) is 12.5 Å². The molecular formula is C21H24N4O. The normalized spacial score (nSPS) is 16.0. The second-order valence-corrected chi connectivity index (χ2v) is 7.02. The Morgan fingerprint density at radius 2 is 1.88 bits per heavy atom. The molecule has 1 aromatic heterocycles. The summed E-state index contributed by atoms with van der Waals surface area (Å²) in [5, 5.41) is 9.60. The molecule has 5 nitrogen and oxygen atoms in total. The number of hydrogen-bond acceptors (Lipinski definition) is 3. The zero-order chi connectivity index (χ0) is 17.8. The number of aromatic nitrogens is 2. The molecule has 1 N–H and O–H groups in total. The molecule has 2 heterocycles. The number of amides is 1. The second-order valence-electron chi connectivity index (χ2n) is 7.02. The summed E-state index contributed by atoms with van der Waals surface area (Å²) < 4.78 is 2.01. The molecule has 0 atom stereocenters. The molecule has 5 heteroatoms. The Hall–Kier alpha value is -2.66.